The van der Waals surface area contributed by atoms with E-state index in [-0.39, 0.29) is 0 Å². The minimum atomic E-state index is -0.531. The first-order valence-electron chi connectivity index (χ1n) is 17.9. The second-order valence-corrected chi connectivity index (χ2v) is 13.4. The number of benzene rings is 5. The molecule has 5 aromatic carbocycles. The minimum absolute atomic E-state index is 0.531. The van der Waals surface area contributed by atoms with E-state index in [4.69, 9.17) is 15.0 Å². The van der Waals surface area contributed by atoms with Crippen LogP contribution in [0, 0.1) is 0 Å². The molecule has 0 N–H and O–H groups in total. The zero-order valence-corrected chi connectivity index (χ0v) is 28.8. The summed E-state index contributed by atoms with van der Waals surface area (Å²) in [5, 5.41) is 1.09. The average Bonchev–Trinajstić information content (AvgIpc) is 3.54. The number of hydrogen-bond acceptors (Lipinski definition) is 4. The molecule has 4 heteroatoms. The largest absolute Gasteiger partial charge is 0.256 e. The van der Waals surface area contributed by atoms with Crippen molar-refractivity contribution in [2.24, 2.45) is 0 Å². The van der Waals surface area contributed by atoms with Gasteiger partial charge in [-0.1, -0.05) is 109 Å². The van der Waals surface area contributed by atoms with Crippen molar-refractivity contribution in [1.82, 2.24) is 19.9 Å². The van der Waals surface area contributed by atoms with E-state index in [9.17, 15) is 0 Å². The Labute approximate surface area is 308 Å². The number of nitrogens with zero attached hydrogens (tertiary/aromatic N) is 4. The van der Waals surface area contributed by atoms with Crippen molar-refractivity contribution in [2.45, 2.75) is 5.41 Å². The second kappa shape index (κ2) is 12.6. The molecule has 248 valence electrons. The maximum Gasteiger partial charge on any atom is 0.0900 e. The fourth-order valence-corrected chi connectivity index (χ4v) is 8.19. The lowest BCUT2D eigenvalue weighted by Gasteiger charge is -2.34. The smallest absolute Gasteiger partial charge is 0.0900 e. The molecular formula is C49H32N4. The number of pyridine rings is 4. The summed E-state index contributed by atoms with van der Waals surface area (Å²) in [5.41, 5.74) is 15.5. The van der Waals surface area contributed by atoms with E-state index in [0.717, 1.165) is 55.9 Å². The Balaban J connectivity index is 1.33. The quantitative estimate of drug-likeness (QED) is 0.176. The van der Waals surface area contributed by atoms with E-state index in [1.54, 1.807) is 0 Å². The first kappa shape index (κ1) is 30.8. The molecule has 0 spiro atoms. The van der Waals surface area contributed by atoms with Gasteiger partial charge in [0.2, 0.25) is 0 Å². The van der Waals surface area contributed by atoms with E-state index < -0.39 is 5.41 Å². The minimum Gasteiger partial charge on any atom is -0.256 e. The Morgan fingerprint density at radius 2 is 0.943 bits per heavy atom. The lowest BCUT2D eigenvalue weighted by Crippen LogP contribution is -2.28. The van der Waals surface area contributed by atoms with Gasteiger partial charge >= 0.3 is 0 Å². The standard InChI is InChI=1S/C49H32N4/c1-3-15-36(16-4-1)49(37-17-5-2-6-18-37)42-20-8-7-19-38(42)41-31-39(40(32-43(41)49)33-23-24-44-34(28-33)14-13-27-50-44)35-29-47(45-21-9-11-25-51-45)53-48(30-35)46-22-10-12-26-52-46/h1-32H. The van der Waals surface area contributed by atoms with Gasteiger partial charge in [0, 0.05) is 24.0 Å². The zero-order chi connectivity index (χ0) is 35.2. The number of hydrogen-bond donors (Lipinski definition) is 0. The van der Waals surface area contributed by atoms with E-state index in [0.29, 0.717) is 0 Å². The number of aromatic nitrogens is 4. The van der Waals surface area contributed by atoms with Gasteiger partial charge in [-0.25, -0.2) is 4.98 Å². The molecule has 0 saturated heterocycles. The summed E-state index contributed by atoms with van der Waals surface area (Å²) >= 11 is 0. The van der Waals surface area contributed by atoms with Crippen molar-refractivity contribution in [3.8, 4) is 56.2 Å². The van der Waals surface area contributed by atoms with Gasteiger partial charge < -0.3 is 0 Å². The molecule has 0 bridgehead atoms. The van der Waals surface area contributed by atoms with Crippen LogP contribution in [0.25, 0.3) is 67.1 Å². The summed E-state index contributed by atoms with van der Waals surface area (Å²) in [5.74, 6) is 0. The van der Waals surface area contributed by atoms with Crippen molar-refractivity contribution >= 4 is 10.9 Å². The van der Waals surface area contributed by atoms with Crippen LogP contribution >= 0.6 is 0 Å². The van der Waals surface area contributed by atoms with Crippen LogP contribution in [0.15, 0.2) is 195 Å². The molecular weight excluding hydrogens is 645 g/mol. The fourth-order valence-electron chi connectivity index (χ4n) is 8.19. The molecule has 4 nitrogen and oxygen atoms in total. The SMILES string of the molecule is c1ccc(C2(c3ccccc3)c3ccccc3-c3cc(-c4cc(-c5ccccn5)nc(-c5ccccn5)c4)c(-c4ccc5ncccc5c4)cc32)cc1. The van der Waals surface area contributed by atoms with Gasteiger partial charge in [-0.05, 0) is 122 Å². The molecule has 4 heterocycles. The molecule has 0 aliphatic heterocycles. The molecule has 0 radical (unpaired) electrons. The predicted molar refractivity (Wildman–Crippen MR) is 214 cm³/mol. The Kier molecular flexibility index (Phi) is 7.33. The zero-order valence-electron chi connectivity index (χ0n) is 28.8. The third kappa shape index (κ3) is 5.07. The van der Waals surface area contributed by atoms with E-state index in [1.807, 2.05) is 61.1 Å². The summed E-state index contributed by atoms with van der Waals surface area (Å²) in [6.07, 6.45) is 5.49. The molecule has 1 aliphatic rings. The normalized spacial score (nSPS) is 12.7. The first-order valence-corrected chi connectivity index (χ1v) is 17.9. The summed E-state index contributed by atoms with van der Waals surface area (Å²) in [4.78, 5) is 19.2. The van der Waals surface area contributed by atoms with Crippen molar-refractivity contribution in [3.05, 3.63) is 217 Å². The Morgan fingerprint density at radius 3 is 1.60 bits per heavy atom. The van der Waals surface area contributed by atoms with Gasteiger partial charge in [0.1, 0.15) is 0 Å². The Morgan fingerprint density at radius 1 is 0.340 bits per heavy atom. The van der Waals surface area contributed by atoms with Crippen LogP contribution < -0.4 is 0 Å². The van der Waals surface area contributed by atoms with Crippen LogP contribution in [-0.4, -0.2) is 19.9 Å². The highest BCUT2D eigenvalue weighted by Gasteiger charge is 2.46. The predicted octanol–water partition coefficient (Wildman–Crippen LogP) is 11.5. The van der Waals surface area contributed by atoms with Gasteiger partial charge in [-0.2, -0.15) is 0 Å². The van der Waals surface area contributed by atoms with E-state index >= 15 is 0 Å². The summed E-state index contributed by atoms with van der Waals surface area (Å²) in [6.45, 7) is 0. The highest BCUT2D eigenvalue weighted by Crippen LogP contribution is 2.58. The fraction of sp³-hybridized carbons (Fsp3) is 0.0204. The summed E-state index contributed by atoms with van der Waals surface area (Å²) in [7, 11) is 0. The van der Waals surface area contributed by atoms with Crippen LogP contribution in [0.4, 0.5) is 0 Å². The van der Waals surface area contributed by atoms with Crippen molar-refractivity contribution in [1.29, 1.82) is 0 Å². The lowest BCUT2D eigenvalue weighted by molar-refractivity contribution is 0.769. The van der Waals surface area contributed by atoms with Gasteiger partial charge in [0.25, 0.3) is 0 Å². The van der Waals surface area contributed by atoms with Crippen molar-refractivity contribution < 1.29 is 0 Å². The van der Waals surface area contributed by atoms with Crippen LogP contribution in [0.1, 0.15) is 22.3 Å². The maximum atomic E-state index is 5.12. The highest BCUT2D eigenvalue weighted by atomic mass is 14.8. The van der Waals surface area contributed by atoms with Crippen molar-refractivity contribution in [3.63, 3.8) is 0 Å². The Hall–Kier alpha value is -7.04. The van der Waals surface area contributed by atoms with Crippen molar-refractivity contribution in [2.75, 3.05) is 0 Å². The Bertz CT molecular complexity index is 2670. The van der Waals surface area contributed by atoms with Crippen LogP contribution in [0.3, 0.4) is 0 Å². The van der Waals surface area contributed by atoms with Crippen LogP contribution in [-0.2, 0) is 5.41 Å². The second-order valence-electron chi connectivity index (χ2n) is 13.4. The molecule has 0 saturated carbocycles. The van der Waals surface area contributed by atoms with Crippen LogP contribution in [0.2, 0.25) is 0 Å². The molecule has 53 heavy (non-hydrogen) atoms. The third-order valence-electron chi connectivity index (χ3n) is 10.5. The highest BCUT2D eigenvalue weighted by molar-refractivity contribution is 5.97. The van der Waals surface area contributed by atoms with Gasteiger partial charge in [-0.3, -0.25) is 15.0 Å². The van der Waals surface area contributed by atoms with Crippen LogP contribution in [0.5, 0.6) is 0 Å². The molecule has 4 aromatic heterocycles. The van der Waals surface area contributed by atoms with E-state index in [2.05, 4.69) is 138 Å². The maximum absolute atomic E-state index is 5.12. The van der Waals surface area contributed by atoms with E-state index in [1.165, 1.54) is 33.4 Å². The third-order valence-corrected chi connectivity index (χ3v) is 10.5. The molecule has 0 atom stereocenters. The van der Waals surface area contributed by atoms with Gasteiger partial charge in [0.15, 0.2) is 0 Å². The molecule has 10 rings (SSSR count). The average molecular weight is 677 g/mol. The first-order chi connectivity index (χ1) is 26.3. The molecule has 0 amide bonds. The molecule has 1 aliphatic carbocycles. The monoisotopic (exact) mass is 676 g/mol. The van der Waals surface area contributed by atoms with Gasteiger partial charge in [-0.15, -0.1) is 0 Å². The van der Waals surface area contributed by atoms with Gasteiger partial charge in [0.05, 0.1) is 33.7 Å². The molecule has 0 unspecified atom stereocenters. The summed E-state index contributed by atoms with van der Waals surface area (Å²) < 4.78 is 0. The topological polar surface area (TPSA) is 51.6 Å². The lowest BCUT2D eigenvalue weighted by atomic mass is 9.67. The number of rotatable bonds is 6. The summed E-state index contributed by atoms with van der Waals surface area (Å²) in [6, 6.07) is 62.7. The number of fused-ring (bicyclic) bond motifs is 4. The molecule has 0 fully saturated rings. The molecule has 9 aromatic rings.